The fourth-order valence-corrected chi connectivity index (χ4v) is 4.45. The Balaban J connectivity index is 1.96. The van der Waals surface area contributed by atoms with Gasteiger partial charge >= 0.3 is 0 Å². The molecule has 3 N–H and O–H groups in total. The molecule has 2 aromatic heterocycles. The van der Waals surface area contributed by atoms with E-state index in [1.54, 1.807) is 18.6 Å². The summed E-state index contributed by atoms with van der Waals surface area (Å²) in [6.45, 7) is -0.201. The molecule has 164 valence electrons. The first-order valence-electron chi connectivity index (χ1n) is 10.2. The summed E-state index contributed by atoms with van der Waals surface area (Å²) in [5.41, 5.74) is 12.3. The Kier molecular flexibility index (Phi) is 5.50. The molecule has 0 unspecified atom stereocenters. The van der Waals surface area contributed by atoms with Crippen LogP contribution >= 0.6 is 23.2 Å². The summed E-state index contributed by atoms with van der Waals surface area (Å²) in [5, 5.41) is 12.6. The van der Waals surface area contributed by atoms with Crippen molar-refractivity contribution in [1.29, 1.82) is 0 Å². The smallest absolute Gasteiger partial charge is 0.221 e. The minimum absolute atomic E-state index is 0.146. The van der Waals surface area contributed by atoms with Gasteiger partial charge < -0.3 is 15.4 Å². The Bertz CT molecular complexity index is 1500. The molecule has 0 radical (unpaired) electrons. The molecule has 0 aliphatic heterocycles. The third kappa shape index (κ3) is 3.82. The first-order chi connectivity index (χ1) is 16.0. The van der Waals surface area contributed by atoms with Crippen LogP contribution in [0.3, 0.4) is 0 Å². The van der Waals surface area contributed by atoms with Gasteiger partial charge in [-0.25, -0.2) is 15.0 Å². The number of aromatic nitrogens is 4. The third-order valence-electron chi connectivity index (χ3n) is 5.60. The quantitative estimate of drug-likeness (QED) is 0.345. The first-order valence-corrected chi connectivity index (χ1v) is 10.9. The lowest BCUT2D eigenvalue weighted by molar-refractivity contribution is 0.283. The summed E-state index contributed by atoms with van der Waals surface area (Å²) in [7, 11) is 1.90. The van der Waals surface area contributed by atoms with Crippen LogP contribution in [0.2, 0.25) is 10.0 Å². The summed E-state index contributed by atoms with van der Waals surface area (Å²) in [6, 6.07) is 16.8. The minimum atomic E-state index is -0.201. The Morgan fingerprint density at radius 1 is 0.970 bits per heavy atom. The van der Waals surface area contributed by atoms with E-state index in [1.165, 1.54) is 0 Å². The van der Waals surface area contributed by atoms with Crippen LogP contribution < -0.4 is 5.73 Å². The number of nitrogens with two attached hydrogens (primary N) is 1. The number of imidazole rings is 1. The molecule has 0 amide bonds. The van der Waals surface area contributed by atoms with Gasteiger partial charge in [0.15, 0.2) is 0 Å². The van der Waals surface area contributed by atoms with Gasteiger partial charge in [-0.2, -0.15) is 0 Å². The second-order valence-corrected chi connectivity index (χ2v) is 8.54. The topological polar surface area (TPSA) is 89.8 Å². The maximum atomic E-state index is 10.6. The van der Waals surface area contributed by atoms with E-state index in [9.17, 15) is 5.11 Å². The van der Waals surface area contributed by atoms with Crippen LogP contribution in [0.4, 0.5) is 5.95 Å². The lowest BCUT2D eigenvalue weighted by atomic mass is 9.89. The van der Waals surface area contributed by atoms with Gasteiger partial charge in [-0.1, -0.05) is 47.5 Å². The van der Waals surface area contributed by atoms with Crippen molar-refractivity contribution in [2.24, 2.45) is 7.05 Å². The average molecular weight is 476 g/mol. The number of rotatable bonds is 4. The highest BCUT2D eigenvalue weighted by Crippen LogP contribution is 2.42. The molecule has 5 rings (SSSR count). The van der Waals surface area contributed by atoms with Gasteiger partial charge in [0.2, 0.25) is 5.95 Å². The van der Waals surface area contributed by atoms with E-state index in [-0.39, 0.29) is 12.6 Å². The highest BCUT2D eigenvalue weighted by Gasteiger charge is 2.23. The molecule has 0 saturated heterocycles. The van der Waals surface area contributed by atoms with Crippen LogP contribution in [0.25, 0.3) is 44.5 Å². The molecule has 0 aliphatic rings. The van der Waals surface area contributed by atoms with Gasteiger partial charge in [0, 0.05) is 33.6 Å². The second kappa shape index (κ2) is 8.48. The molecule has 8 heteroatoms. The fraction of sp³-hybridized carbons (Fsp3) is 0.0800. The lowest BCUT2D eigenvalue weighted by Gasteiger charge is -2.19. The molecular weight excluding hydrogens is 457 g/mol. The van der Waals surface area contributed by atoms with Gasteiger partial charge in [0.05, 0.1) is 36.0 Å². The highest BCUT2D eigenvalue weighted by atomic mass is 35.5. The van der Waals surface area contributed by atoms with E-state index in [2.05, 4.69) is 15.0 Å². The van der Waals surface area contributed by atoms with Crippen molar-refractivity contribution in [2.75, 3.05) is 5.73 Å². The average Bonchev–Trinajstić information content (AvgIpc) is 3.23. The normalized spacial score (nSPS) is 11.3. The van der Waals surface area contributed by atoms with E-state index in [0.717, 1.165) is 38.9 Å². The zero-order valence-electron chi connectivity index (χ0n) is 17.6. The van der Waals surface area contributed by atoms with Crippen molar-refractivity contribution in [3.63, 3.8) is 0 Å². The number of nitrogens with zero attached hydrogens (tertiary/aromatic N) is 4. The predicted molar refractivity (Wildman–Crippen MR) is 133 cm³/mol. The number of benzene rings is 3. The third-order valence-corrected chi connectivity index (χ3v) is 6.08. The summed E-state index contributed by atoms with van der Waals surface area (Å²) in [6.07, 6.45) is 3.48. The molecule has 0 bridgehead atoms. The van der Waals surface area contributed by atoms with E-state index in [4.69, 9.17) is 28.9 Å². The summed E-state index contributed by atoms with van der Waals surface area (Å²) in [5.74, 6) is 0.146. The van der Waals surface area contributed by atoms with Crippen LogP contribution in [-0.2, 0) is 13.7 Å². The summed E-state index contributed by atoms with van der Waals surface area (Å²) < 4.78 is 1.90. The van der Waals surface area contributed by atoms with Crippen LogP contribution in [0.5, 0.6) is 0 Å². The van der Waals surface area contributed by atoms with Crippen LogP contribution in [-0.4, -0.2) is 24.6 Å². The van der Waals surface area contributed by atoms with E-state index in [0.29, 0.717) is 21.3 Å². The van der Waals surface area contributed by atoms with Crippen molar-refractivity contribution in [2.45, 2.75) is 6.61 Å². The van der Waals surface area contributed by atoms with Gasteiger partial charge in [0.1, 0.15) is 0 Å². The monoisotopic (exact) mass is 475 g/mol. The molecule has 33 heavy (non-hydrogen) atoms. The zero-order chi connectivity index (χ0) is 23.1. The van der Waals surface area contributed by atoms with Gasteiger partial charge in [-0.3, -0.25) is 0 Å². The Morgan fingerprint density at radius 3 is 2.42 bits per heavy atom. The largest absolute Gasteiger partial charge is 0.392 e. The minimum Gasteiger partial charge on any atom is -0.392 e. The maximum absolute atomic E-state index is 10.6. The summed E-state index contributed by atoms with van der Waals surface area (Å²) in [4.78, 5) is 13.4. The number of anilines is 1. The van der Waals surface area contributed by atoms with Crippen molar-refractivity contribution in [3.8, 4) is 33.6 Å². The van der Waals surface area contributed by atoms with Crippen molar-refractivity contribution >= 4 is 40.1 Å². The van der Waals surface area contributed by atoms with Crippen LogP contribution in [0.15, 0.2) is 67.1 Å². The Labute approximate surface area is 200 Å². The SMILES string of the molecule is Cn1cncc1-c1c(CO)c(-c2ccc(Cl)cc2)cc2nc(N)nc(-c3cccc(Cl)c3)c12. The number of halogens is 2. The van der Waals surface area contributed by atoms with E-state index < -0.39 is 0 Å². The highest BCUT2D eigenvalue weighted by molar-refractivity contribution is 6.31. The van der Waals surface area contributed by atoms with Crippen molar-refractivity contribution < 1.29 is 5.11 Å². The first kappa shape index (κ1) is 21.4. The molecule has 0 aliphatic carbocycles. The number of hydrogen-bond acceptors (Lipinski definition) is 5. The van der Waals surface area contributed by atoms with Gasteiger partial charge in [0.25, 0.3) is 0 Å². The van der Waals surface area contributed by atoms with E-state index in [1.807, 2.05) is 60.1 Å². The van der Waals surface area contributed by atoms with Crippen LogP contribution in [0, 0.1) is 0 Å². The molecule has 6 nitrogen and oxygen atoms in total. The lowest BCUT2D eigenvalue weighted by Crippen LogP contribution is -2.04. The maximum Gasteiger partial charge on any atom is 0.221 e. The number of aliphatic hydroxyl groups excluding tert-OH is 1. The van der Waals surface area contributed by atoms with Crippen molar-refractivity contribution in [3.05, 3.63) is 82.7 Å². The summed E-state index contributed by atoms with van der Waals surface area (Å²) >= 11 is 12.4. The molecule has 5 aromatic rings. The molecule has 3 aromatic carbocycles. The number of aryl methyl sites for hydroxylation is 1. The molecular formula is C25H19Cl2N5O. The number of aliphatic hydroxyl groups is 1. The second-order valence-electron chi connectivity index (χ2n) is 7.67. The molecule has 0 spiro atoms. The van der Waals surface area contributed by atoms with Gasteiger partial charge in [-0.05, 0) is 47.0 Å². The number of fused-ring (bicyclic) bond motifs is 1. The molecule has 0 fully saturated rings. The van der Waals surface area contributed by atoms with Crippen LogP contribution in [0.1, 0.15) is 5.56 Å². The van der Waals surface area contributed by atoms with Crippen molar-refractivity contribution in [1.82, 2.24) is 19.5 Å². The molecule has 0 saturated carbocycles. The predicted octanol–water partition coefficient (Wildman–Crippen LogP) is 5.75. The van der Waals surface area contributed by atoms with Gasteiger partial charge in [-0.15, -0.1) is 0 Å². The molecule has 0 atom stereocenters. The zero-order valence-corrected chi connectivity index (χ0v) is 19.1. The Hall–Kier alpha value is -3.45. The van der Waals surface area contributed by atoms with E-state index >= 15 is 0 Å². The Morgan fingerprint density at radius 2 is 1.76 bits per heavy atom. The molecule has 2 heterocycles. The number of nitrogen functional groups attached to an aromatic ring is 1. The standard InChI is InChI=1S/C25H19Cl2N5O/c1-32-13-29-11-21(32)22-19(12-33)18(14-5-7-16(26)8-6-14)10-20-23(22)24(31-25(28)30-20)15-3-2-4-17(27)9-15/h2-11,13,33H,12H2,1H3,(H2,28,30,31). The fourth-order valence-electron chi connectivity index (χ4n) is 4.13. The number of hydrogen-bond donors (Lipinski definition) is 2.